The predicted octanol–water partition coefficient (Wildman–Crippen LogP) is 3.24. The molecule has 13 heavy (non-hydrogen) atoms. The second-order valence-electron chi connectivity index (χ2n) is 2.23. The van der Waals surface area contributed by atoms with Gasteiger partial charge in [0.1, 0.15) is 5.69 Å². The average Bonchev–Trinajstić information content (AvgIpc) is 2.02. The van der Waals surface area contributed by atoms with E-state index in [2.05, 4.69) is 5.18 Å². The Morgan fingerprint density at radius 3 is 2.31 bits per heavy atom. The molecule has 0 spiro atoms. The molecule has 1 rings (SSSR count). The van der Waals surface area contributed by atoms with Gasteiger partial charge >= 0.3 is 6.18 Å². The number of halogens is 4. The number of nitroso groups, excluding NO2 is 1. The SMILES string of the molecule is O=Nc1cccc(C(F)(F)F)c1F. The Hall–Kier alpha value is -1.46. The fourth-order valence-electron chi connectivity index (χ4n) is 0.809. The van der Waals surface area contributed by atoms with E-state index >= 15 is 0 Å². The van der Waals surface area contributed by atoms with Crippen molar-refractivity contribution in [3.05, 3.63) is 34.5 Å². The van der Waals surface area contributed by atoms with Gasteiger partial charge in [-0.3, -0.25) is 0 Å². The molecule has 0 amide bonds. The minimum atomic E-state index is -4.80. The molecule has 0 radical (unpaired) electrons. The van der Waals surface area contributed by atoms with Gasteiger partial charge in [0.25, 0.3) is 0 Å². The summed E-state index contributed by atoms with van der Waals surface area (Å²) in [6.07, 6.45) is -4.80. The van der Waals surface area contributed by atoms with Crippen molar-refractivity contribution in [2.75, 3.05) is 0 Å². The van der Waals surface area contributed by atoms with Crippen LogP contribution < -0.4 is 0 Å². The van der Waals surface area contributed by atoms with Crippen molar-refractivity contribution in [2.24, 2.45) is 5.18 Å². The van der Waals surface area contributed by atoms with Crippen molar-refractivity contribution < 1.29 is 17.6 Å². The van der Waals surface area contributed by atoms with E-state index in [1.807, 2.05) is 0 Å². The van der Waals surface area contributed by atoms with E-state index in [1.165, 1.54) is 0 Å². The Labute approximate surface area is 70.2 Å². The normalized spacial score (nSPS) is 11.4. The van der Waals surface area contributed by atoms with Crippen LogP contribution in [0.4, 0.5) is 23.2 Å². The Morgan fingerprint density at radius 1 is 1.23 bits per heavy atom. The van der Waals surface area contributed by atoms with Crippen LogP contribution in [-0.2, 0) is 6.18 Å². The highest BCUT2D eigenvalue weighted by molar-refractivity contribution is 5.42. The summed E-state index contributed by atoms with van der Waals surface area (Å²) in [5, 5.41) is 2.12. The second kappa shape index (κ2) is 3.12. The molecule has 2 nitrogen and oxygen atoms in total. The number of alkyl halides is 3. The Kier molecular flexibility index (Phi) is 2.31. The minimum Gasteiger partial charge on any atom is -0.204 e. The second-order valence-corrected chi connectivity index (χ2v) is 2.23. The first-order valence-corrected chi connectivity index (χ1v) is 3.16. The zero-order chi connectivity index (χ0) is 10.1. The van der Waals surface area contributed by atoms with E-state index in [-0.39, 0.29) is 0 Å². The summed E-state index contributed by atoms with van der Waals surface area (Å²) in [7, 11) is 0. The van der Waals surface area contributed by atoms with Gasteiger partial charge in [0.15, 0.2) is 5.82 Å². The van der Waals surface area contributed by atoms with Gasteiger partial charge in [-0.1, -0.05) is 6.07 Å². The third kappa shape index (κ3) is 1.82. The molecule has 0 N–H and O–H groups in total. The highest BCUT2D eigenvalue weighted by Crippen LogP contribution is 2.34. The zero-order valence-corrected chi connectivity index (χ0v) is 6.10. The summed E-state index contributed by atoms with van der Waals surface area (Å²) >= 11 is 0. The lowest BCUT2D eigenvalue weighted by Gasteiger charge is -2.07. The molecule has 70 valence electrons. The number of rotatable bonds is 1. The first kappa shape index (κ1) is 9.63. The summed E-state index contributed by atoms with van der Waals surface area (Å²) in [5.74, 6) is -1.63. The average molecular weight is 193 g/mol. The summed E-state index contributed by atoms with van der Waals surface area (Å²) in [6, 6.07) is 2.34. The molecule has 6 heteroatoms. The van der Waals surface area contributed by atoms with Gasteiger partial charge in [-0.15, -0.1) is 4.91 Å². The Morgan fingerprint density at radius 2 is 1.85 bits per heavy atom. The maximum absolute atomic E-state index is 12.8. The maximum Gasteiger partial charge on any atom is 0.419 e. The number of hydrogen-bond acceptors (Lipinski definition) is 2. The van der Waals surface area contributed by atoms with Crippen LogP contribution in [0.1, 0.15) is 5.56 Å². The quantitative estimate of drug-likeness (QED) is 0.497. The van der Waals surface area contributed by atoms with E-state index in [9.17, 15) is 22.5 Å². The summed E-state index contributed by atoms with van der Waals surface area (Å²) < 4.78 is 48.7. The molecule has 0 aliphatic rings. The van der Waals surface area contributed by atoms with Gasteiger partial charge < -0.3 is 0 Å². The van der Waals surface area contributed by atoms with E-state index in [0.29, 0.717) is 6.07 Å². The van der Waals surface area contributed by atoms with Crippen molar-refractivity contribution in [2.45, 2.75) is 6.18 Å². The van der Waals surface area contributed by atoms with Crippen LogP contribution >= 0.6 is 0 Å². The standard InChI is InChI=1S/C7H3F4NO/c8-6-4(7(9,10)11)2-1-3-5(6)12-13/h1-3H. The minimum absolute atomic E-state index is 0.546. The molecule has 0 unspecified atom stereocenters. The van der Waals surface area contributed by atoms with Gasteiger partial charge in [-0.2, -0.15) is 13.2 Å². The first-order valence-electron chi connectivity index (χ1n) is 3.16. The zero-order valence-electron chi connectivity index (χ0n) is 6.10. The maximum atomic E-state index is 12.8. The molecule has 0 aliphatic carbocycles. The van der Waals surface area contributed by atoms with Crippen LogP contribution in [-0.4, -0.2) is 0 Å². The van der Waals surface area contributed by atoms with Crippen LogP contribution in [0.25, 0.3) is 0 Å². The third-order valence-electron chi connectivity index (χ3n) is 1.38. The van der Waals surface area contributed by atoms with Crippen LogP contribution in [0.2, 0.25) is 0 Å². The molecular formula is C7H3F4NO. The molecule has 0 atom stereocenters. The fraction of sp³-hybridized carbons (Fsp3) is 0.143. The highest BCUT2D eigenvalue weighted by atomic mass is 19.4. The lowest BCUT2D eigenvalue weighted by molar-refractivity contribution is -0.139. The first-order chi connectivity index (χ1) is 5.96. The fourth-order valence-corrected chi connectivity index (χ4v) is 0.809. The van der Waals surface area contributed by atoms with E-state index in [4.69, 9.17) is 0 Å². The van der Waals surface area contributed by atoms with E-state index < -0.39 is 23.2 Å². The van der Waals surface area contributed by atoms with Gasteiger partial charge in [-0.05, 0) is 17.3 Å². The van der Waals surface area contributed by atoms with Gasteiger partial charge in [0.05, 0.1) is 5.56 Å². The monoisotopic (exact) mass is 193 g/mol. The van der Waals surface area contributed by atoms with Crippen molar-refractivity contribution in [1.29, 1.82) is 0 Å². The summed E-state index contributed by atoms with van der Waals surface area (Å²) in [6.45, 7) is 0. The molecule has 1 aromatic carbocycles. The predicted molar refractivity (Wildman–Crippen MR) is 36.9 cm³/mol. The van der Waals surface area contributed by atoms with Crippen LogP contribution in [0.3, 0.4) is 0 Å². The molecule has 0 saturated heterocycles. The highest BCUT2D eigenvalue weighted by Gasteiger charge is 2.34. The number of nitrogens with zero attached hydrogens (tertiary/aromatic N) is 1. The lowest BCUT2D eigenvalue weighted by Crippen LogP contribution is -2.07. The summed E-state index contributed by atoms with van der Waals surface area (Å²) in [5.41, 5.74) is -2.32. The topological polar surface area (TPSA) is 29.4 Å². The number of benzene rings is 1. The molecule has 0 aromatic heterocycles. The van der Waals surface area contributed by atoms with Crippen LogP contribution in [0.5, 0.6) is 0 Å². The van der Waals surface area contributed by atoms with Gasteiger partial charge in [0, 0.05) is 0 Å². The lowest BCUT2D eigenvalue weighted by atomic mass is 10.2. The molecule has 0 heterocycles. The van der Waals surface area contributed by atoms with Crippen LogP contribution in [0.15, 0.2) is 23.4 Å². The van der Waals surface area contributed by atoms with Crippen molar-refractivity contribution in [1.82, 2.24) is 0 Å². The van der Waals surface area contributed by atoms with Gasteiger partial charge in [0.2, 0.25) is 0 Å². The van der Waals surface area contributed by atoms with Crippen molar-refractivity contribution in [3.63, 3.8) is 0 Å². The smallest absolute Gasteiger partial charge is 0.204 e. The molecule has 0 bridgehead atoms. The van der Waals surface area contributed by atoms with Crippen molar-refractivity contribution >= 4 is 5.69 Å². The largest absolute Gasteiger partial charge is 0.419 e. The van der Waals surface area contributed by atoms with E-state index in [1.54, 1.807) is 0 Å². The van der Waals surface area contributed by atoms with Crippen LogP contribution in [0, 0.1) is 10.7 Å². The Balaban J connectivity index is 3.32. The molecule has 1 aromatic rings. The van der Waals surface area contributed by atoms with Crippen molar-refractivity contribution in [3.8, 4) is 0 Å². The molecule has 0 saturated carbocycles. The van der Waals surface area contributed by atoms with E-state index in [0.717, 1.165) is 12.1 Å². The van der Waals surface area contributed by atoms with Gasteiger partial charge in [-0.25, -0.2) is 4.39 Å². The third-order valence-corrected chi connectivity index (χ3v) is 1.38. The molecule has 0 fully saturated rings. The Bertz CT molecular complexity index is 334. The summed E-state index contributed by atoms with van der Waals surface area (Å²) in [4.78, 5) is 9.85. The molecular weight excluding hydrogens is 190 g/mol. The molecule has 0 aliphatic heterocycles. The number of hydrogen-bond donors (Lipinski definition) is 0.